The van der Waals surface area contributed by atoms with Crippen molar-refractivity contribution in [2.45, 2.75) is 19.4 Å². The van der Waals surface area contributed by atoms with Crippen molar-refractivity contribution in [3.63, 3.8) is 0 Å². The van der Waals surface area contributed by atoms with Gasteiger partial charge in [-0.25, -0.2) is 0 Å². The molecule has 1 rings (SSSR count). The molecule has 0 saturated carbocycles. The van der Waals surface area contributed by atoms with E-state index in [0.717, 1.165) is 11.3 Å². The van der Waals surface area contributed by atoms with E-state index in [4.69, 9.17) is 4.74 Å². The maximum atomic E-state index is 12.0. The van der Waals surface area contributed by atoms with Crippen molar-refractivity contribution in [3.8, 4) is 5.75 Å². The Morgan fingerprint density at radius 1 is 1.47 bits per heavy atom. The van der Waals surface area contributed by atoms with Crippen LogP contribution < -0.4 is 4.74 Å². The largest absolute Gasteiger partial charge is 0.497 e. The van der Waals surface area contributed by atoms with E-state index in [1.165, 1.54) is 11.0 Å². The number of methoxy groups -OCH3 is 1. The van der Waals surface area contributed by atoms with Crippen LogP contribution in [-0.4, -0.2) is 42.2 Å². The smallest absolute Gasteiger partial charge is 0.246 e. The van der Waals surface area contributed by atoms with Crippen LogP contribution in [0.5, 0.6) is 5.75 Å². The Hall–Kier alpha value is -1.81. The van der Waals surface area contributed by atoms with E-state index in [9.17, 15) is 9.90 Å². The summed E-state index contributed by atoms with van der Waals surface area (Å²) in [6, 6.07) is 7.45. The number of nitrogens with zero attached hydrogens (tertiary/aromatic N) is 1. The summed E-state index contributed by atoms with van der Waals surface area (Å²) >= 11 is 0. The number of hydrogen-bond acceptors (Lipinski definition) is 3. The molecule has 1 N–H and O–H groups in total. The van der Waals surface area contributed by atoms with Gasteiger partial charge in [-0.05, 0) is 37.6 Å². The van der Waals surface area contributed by atoms with Crippen LogP contribution in [0.4, 0.5) is 0 Å². The predicted molar refractivity (Wildman–Crippen MR) is 76.0 cm³/mol. The SMILES string of the molecule is COc1cccc(/C=C/C(=O)N(C)C(C)(C)CO)c1. The van der Waals surface area contributed by atoms with Crippen molar-refractivity contribution >= 4 is 12.0 Å². The first-order valence-electron chi connectivity index (χ1n) is 6.11. The maximum absolute atomic E-state index is 12.0. The van der Waals surface area contributed by atoms with Crippen LogP contribution >= 0.6 is 0 Å². The Bertz CT molecular complexity index is 466. The highest BCUT2D eigenvalue weighted by atomic mass is 16.5. The van der Waals surface area contributed by atoms with Crippen molar-refractivity contribution < 1.29 is 14.6 Å². The van der Waals surface area contributed by atoms with Crippen molar-refractivity contribution in [1.29, 1.82) is 0 Å². The van der Waals surface area contributed by atoms with E-state index >= 15 is 0 Å². The molecule has 4 heteroatoms. The number of likely N-dealkylation sites (N-methyl/N-ethyl adjacent to an activating group) is 1. The third-order valence-electron chi connectivity index (χ3n) is 3.14. The van der Waals surface area contributed by atoms with Gasteiger partial charge in [0.05, 0.1) is 19.3 Å². The van der Waals surface area contributed by atoms with E-state index in [2.05, 4.69) is 0 Å². The zero-order chi connectivity index (χ0) is 14.5. The molecule has 4 nitrogen and oxygen atoms in total. The zero-order valence-electron chi connectivity index (χ0n) is 11.9. The summed E-state index contributed by atoms with van der Waals surface area (Å²) in [5.41, 5.74) is 0.318. The van der Waals surface area contributed by atoms with Crippen LogP contribution in [0.25, 0.3) is 6.08 Å². The second kappa shape index (κ2) is 6.38. The van der Waals surface area contributed by atoms with Gasteiger partial charge >= 0.3 is 0 Å². The fourth-order valence-electron chi connectivity index (χ4n) is 1.43. The first-order valence-corrected chi connectivity index (χ1v) is 6.11. The van der Waals surface area contributed by atoms with E-state index in [1.807, 2.05) is 38.1 Å². The summed E-state index contributed by atoms with van der Waals surface area (Å²) in [6.07, 6.45) is 3.22. The van der Waals surface area contributed by atoms with Crippen molar-refractivity contribution in [2.75, 3.05) is 20.8 Å². The van der Waals surface area contributed by atoms with E-state index < -0.39 is 5.54 Å². The lowest BCUT2D eigenvalue weighted by Crippen LogP contribution is -2.47. The first-order chi connectivity index (χ1) is 8.90. The average molecular weight is 263 g/mol. The van der Waals surface area contributed by atoms with E-state index in [-0.39, 0.29) is 12.5 Å². The van der Waals surface area contributed by atoms with Crippen molar-refractivity contribution in [2.24, 2.45) is 0 Å². The molecule has 0 atom stereocenters. The normalized spacial score (nSPS) is 11.6. The summed E-state index contributed by atoms with van der Waals surface area (Å²) < 4.78 is 5.12. The monoisotopic (exact) mass is 263 g/mol. The molecule has 1 aromatic carbocycles. The number of amides is 1. The van der Waals surface area contributed by atoms with Crippen molar-refractivity contribution in [3.05, 3.63) is 35.9 Å². The second-order valence-corrected chi connectivity index (χ2v) is 4.98. The number of hydrogen-bond donors (Lipinski definition) is 1. The van der Waals surface area contributed by atoms with Crippen LogP contribution in [-0.2, 0) is 4.79 Å². The van der Waals surface area contributed by atoms with Gasteiger partial charge in [0.25, 0.3) is 0 Å². The highest BCUT2D eigenvalue weighted by Gasteiger charge is 2.25. The van der Waals surface area contributed by atoms with Gasteiger partial charge in [-0.15, -0.1) is 0 Å². The Morgan fingerprint density at radius 2 is 2.16 bits per heavy atom. The lowest BCUT2D eigenvalue weighted by atomic mass is 10.1. The van der Waals surface area contributed by atoms with Gasteiger partial charge in [0.1, 0.15) is 5.75 Å². The van der Waals surface area contributed by atoms with Gasteiger partial charge in [-0.2, -0.15) is 0 Å². The van der Waals surface area contributed by atoms with Crippen LogP contribution in [0.2, 0.25) is 0 Å². The molecule has 0 aliphatic rings. The molecule has 0 unspecified atom stereocenters. The minimum Gasteiger partial charge on any atom is -0.497 e. The Morgan fingerprint density at radius 3 is 2.74 bits per heavy atom. The Labute approximate surface area is 114 Å². The average Bonchev–Trinajstić information content (AvgIpc) is 2.44. The van der Waals surface area contributed by atoms with Gasteiger partial charge < -0.3 is 14.7 Å². The standard InChI is InChI=1S/C15H21NO3/c1-15(2,11-17)16(3)14(18)9-8-12-6-5-7-13(10-12)19-4/h5-10,17H,11H2,1-4H3/b9-8+. The highest BCUT2D eigenvalue weighted by molar-refractivity contribution is 5.92. The molecule has 0 fully saturated rings. The first kappa shape index (κ1) is 15.2. The summed E-state index contributed by atoms with van der Waals surface area (Å²) in [5, 5.41) is 9.23. The molecule has 0 spiro atoms. The van der Waals surface area contributed by atoms with Crippen LogP contribution in [0.15, 0.2) is 30.3 Å². The van der Waals surface area contributed by atoms with Crippen LogP contribution in [0.3, 0.4) is 0 Å². The topological polar surface area (TPSA) is 49.8 Å². The van der Waals surface area contributed by atoms with Gasteiger partial charge in [0.2, 0.25) is 5.91 Å². The fourth-order valence-corrected chi connectivity index (χ4v) is 1.43. The number of rotatable bonds is 5. The molecule has 0 bridgehead atoms. The summed E-state index contributed by atoms with van der Waals surface area (Å²) in [7, 11) is 3.28. The number of aliphatic hydroxyl groups excluding tert-OH is 1. The molecule has 0 radical (unpaired) electrons. The molecular formula is C15H21NO3. The molecule has 1 amide bonds. The molecule has 0 aromatic heterocycles. The summed E-state index contributed by atoms with van der Waals surface area (Å²) in [5.74, 6) is 0.598. The van der Waals surface area contributed by atoms with E-state index in [1.54, 1.807) is 20.2 Å². The van der Waals surface area contributed by atoms with E-state index in [0.29, 0.717) is 0 Å². The number of carbonyl (C=O) groups excluding carboxylic acids is 1. The molecule has 0 saturated heterocycles. The Kier molecular flexibility index (Phi) is 5.12. The summed E-state index contributed by atoms with van der Waals surface area (Å²) in [4.78, 5) is 13.5. The Balaban J connectivity index is 2.78. The third-order valence-corrected chi connectivity index (χ3v) is 3.14. The van der Waals surface area contributed by atoms with Gasteiger partial charge in [-0.1, -0.05) is 12.1 Å². The van der Waals surface area contributed by atoms with Crippen LogP contribution in [0, 0.1) is 0 Å². The third kappa shape index (κ3) is 4.10. The van der Waals surface area contributed by atoms with Gasteiger partial charge in [0, 0.05) is 13.1 Å². The predicted octanol–water partition coefficient (Wildman–Crippen LogP) is 1.94. The minimum atomic E-state index is -0.574. The molecule has 1 aromatic rings. The summed E-state index contributed by atoms with van der Waals surface area (Å²) in [6.45, 7) is 3.54. The fraction of sp³-hybridized carbons (Fsp3) is 0.400. The highest BCUT2D eigenvalue weighted by Crippen LogP contribution is 2.15. The molecule has 104 valence electrons. The number of benzene rings is 1. The number of ether oxygens (including phenoxy) is 1. The molecule has 0 aliphatic carbocycles. The van der Waals surface area contributed by atoms with Crippen molar-refractivity contribution in [1.82, 2.24) is 4.90 Å². The zero-order valence-corrected chi connectivity index (χ0v) is 11.9. The van der Waals surface area contributed by atoms with Gasteiger partial charge in [-0.3, -0.25) is 4.79 Å². The van der Waals surface area contributed by atoms with Crippen LogP contribution in [0.1, 0.15) is 19.4 Å². The van der Waals surface area contributed by atoms with Gasteiger partial charge in [0.15, 0.2) is 0 Å². The quantitative estimate of drug-likeness (QED) is 0.826. The number of aliphatic hydroxyl groups is 1. The molecule has 19 heavy (non-hydrogen) atoms. The molecule has 0 heterocycles. The maximum Gasteiger partial charge on any atom is 0.246 e. The minimum absolute atomic E-state index is 0.0811. The lowest BCUT2D eigenvalue weighted by molar-refractivity contribution is -0.130. The number of carbonyl (C=O) groups is 1. The molecule has 0 aliphatic heterocycles. The second-order valence-electron chi connectivity index (χ2n) is 4.98. The molecular weight excluding hydrogens is 242 g/mol. The lowest BCUT2D eigenvalue weighted by Gasteiger charge is -2.33.